The van der Waals surface area contributed by atoms with Crippen LogP contribution in [0, 0.1) is 0 Å². The van der Waals surface area contributed by atoms with Crippen molar-refractivity contribution in [2.24, 2.45) is 0 Å². The van der Waals surface area contributed by atoms with E-state index < -0.39 is 0 Å². The highest BCUT2D eigenvalue weighted by molar-refractivity contribution is 6.31. The van der Waals surface area contributed by atoms with Crippen molar-refractivity contribution in [3.8, 4) is 11.5 Å². The molecule has 0 spiro atoms. The lowest BCUT2D eigenvalue weighted by molar-refractivity contribution is 0.162. The Labute approximate surface area is 176 Å². The maximum atomic E-state index is 13.6. The second kappa shape index (κ2) is 7.50. The van der Waals surface area contributed by atoms with Crippen molar-refractivity contribution in [3.63, 3.8) is 0 Å². The molecular formula is C20H20ClN5O4. The standard InChI is InChI=1S/C20H20ClN5O4/c1-11(8-28-2)26-15-7-13(21)3-4-14(15)25-10-22-16(17(25)20(26)27)18-23-19(30-24-18)12-5-6-29-9-12/h3-4,7,10-12H,5-6,8-9H2,1-2H3. The summed E-state index contributed by atoms with van der Waals surface area (Å²) in [5, 5.41) is 4.63. The number of imidazole rings is 1. The largest absolute Gasteiger partial charge is 0.383 e. The van der Waals surface area contributed by atoms with Crippen LogP contribution in [-0.2, 0) is 9.47 Å². The number of aromatic nitrogens is 5. The third kappa shape index (κ3) is 3.01. The maximum absolute atomic E-state index is 13.6. The third-order valence-corrected chi connectivity index (χ3v) is 5.66. The highest BCUT2D eigenvalue weighted by atomic mass is 35.5. The third-order valence-electron chi connectivity index (χ3n) is 5.43. The van der Waals surface area contributed by atoms with E-state index in [-0.39, 0.29) is 23.3 Å². The minimum Gasteiger partial charge on any atom is -0.383 e. The van der Waals surface area contributed by atoms with Gasteiger partial charge in [0.15, 0.2) is 0 Å². The first-order chi connectivity index (χ1) is 14.6. The summed E-state index contributed by atoms with van der Waals surface area (Å²) in [6.45, 7) is 3.52. The number of ether oxygens (including phenoxy) is 2. The predicted octanol–water partition coefficient (Wildman–Crippen LogP) is 3.06. The molecule has 2 unspecified atom stereocenters. The van der Waals surface area contributed by atoms with Crippen molar-refractivity contribution in [1.29, 1.82) is 0 Å². The molecule has 3 aromatic heterocycles. The van der Waals surface area contributed by atoms with E-state index >= 15 is 0 Å². The average molecular weight is 430 g/mol. The second-order valence-electron chi connectivity index (χ2n) is 7.44. The zero-order valence-corrected chi connectivity index (χ0v) is 17.3. The number of halogens is 1. The number of fused-ring (bicyclic) bond motifs is 3. The van der Waals surface area contributed by atoms with Gasteiger partial charge in [0, 0.05) is 18.7 Å². The number of hydrogen-bond acceptors (Lipinski definition) is 7. The second-order valence-corrected chi connectivity index (χ2v) is 7.88. The van der Waals surface area contributed by atoms with Crippen LogP contribution in [0.5, 0.6) is 0 Å². The Kier molecular flexibility index (Phi) is 4.80. The lowest BCUT2D eigenvalue weighted by Crippen LogP contribution is -2.28. The van der Waals surface area contributed by atoms with E-state index in [1.807, 2.05) is 13.0 Å². The van der Waals surface area contributed by atoms with Gasteiger partial charge in [0.2, 0.25) is 11.7 Å². The Morgan fingerprint density at radius 2 is 2.23 bits per heavy atom. The van der Waals surface area contributed by atoms with Gasteiger partial charge in [-0.2, -0.15) is 4.98 Å². The number of methoxy groups -OCH3 is 1. The summed E-state index contributed by atoms with van der Waals surface area (Å²) in [6.07, 6.45) is 2.43. The molecule has 0 radical (unpaired) electrons. The van der Waals surface area contributed by atoms with Crippen LogP contribution >= 0.6 is 11.6 Å². The Balaban J connectivity index is 1.75. The summed E-state index contributed by atoms with van der Waals surface area (Å²) >= 11 is 6.23. The number of hydrogen-bond donors (Lipinski definition) is 0. The zero-order chi connectivity index (χ0) is 20.8. The van der Waals surface area contributed by atoms with Gasteiger partial charge in [-0.1, -0.05) is 16.8 Å². The fourth-order valence-corrected chi connectivity index (χ4v) is 4.16. The van der Waals surface area contributed by atoms with Gasteiger partial charge in [-0.25, -0.2) is 4.98 Å². The van der Waals surface area contributed by atoms with Crippen LogP contribution < -0.4 is 5.56 Å². The average Bonchev–Trinajstić information content (AvgIpc) is 3.47. The smallest absolute Gasteiger partial charge is 0.278 e. The Morgan fingerprint density at radius 3 is 3.00 bits per heavy atom. The van der Waals surface area contributed by atoms with E-state index in [0.29, 0.717) is 47.5 Å². The normalized spacial score (nSPS) is 17.9. The van der Waals surface area contributed by atoms with Crippen LogP contribution in [0.4, 0.5) is 0 Å². The van der Waals surface area contributed by atoms with Crippen LogP contribution in [0.1, 0.15) is 31.2 Å². The molecule has 0 N–H and O–H groups in total. The Hall–Kier alpha value is -2.75. The fourth-order valence-electron chi connectivity index (χ4n) is 4.00. The van der Waals surface area contributed by atoms with E-state index in [9.17, 15) is 4.79 Å². The van der Waals surface area contributed by atoms with E-state index in [1.54, 1.807) is 34.5 Å². The van der Waals surface area contributed by atoms with Crippen molar-refractivity contribution in [2.45, 2.75) is 25.3 Å². The van der Waals surface area contributed by atoms with Gasteiger partial charge in [0.1, 0.15) is 17.5 Å². The van der Waals surface area contributed by atoms with Gasteiger partial charge in [0.25, 0.3) is 5.56 Å². The van der Waals surface area contributed by atoms with Crippen molar-refractivity contribution < 1.29 is 14.0 Å². The molecule has 0 amide bonds. The molecule has 1 saturated heterocycles. The molecule has 2 atom stereocenters. The first-order valence-electron chi connectivity index (χ1n) is 9.70. The molecule has 1 aliphatic rings. The van der Waals surface area contributed by atoms with Gasteiger partial charge < -0.3 is 14.0 Å². The Bertz CT molecular complexity index is 1290. The molecule has 156 valence electrons. The van der Waals surface area contributed by atoms with E-state index in [0.717, 1.165) is 11.9 Å². The molecule has 1 aliphatic heterocycles. The first kappa shape index (κ1) is 19.2. The molecule has 30 heavy (non-hydrogen) atoms. The molecule has 0 aliphatic carbocycles. The molecule has 10 heteroatoms. The topological polar surface area (TPSA) is 96.7 Å². The summed E-state index contributed by atoms with van der Waals surface area (Å²) in [4.78, 5) is 22.5. The maximum Gasteiger partial charge on any atom is 0.278 e. The van der Waals surface area contributed by atoms with Gasteiger partial charge >= 0.3 is 0 Å². The van der Waals surface area contributed by atoms with Gasteiger partial charge in [-0.05, 0) is 31.5 Å². The van der Waals surface area contributed by atoms with Crippen molar-refractivity contribution >= 4 is 28.2 Å². The highest BCUT2D eigenvalue weighted by Gasteiger charge is 2.27. The highest BCUT2D eigenvalue weighted by Crippen LogP contribution is 2.28. The summed E-state index contributed by atoms with van der Waals surface area (Å²) in [6, 6.07) is 5.21. The number of benzene rings is 1. The molecule has 4 aromatic rings. The van der Waals surface area contributed by atoms with Gasteiger partial charge in [-0.15, -0.1) is 0 Å². The SMILES string of the molecule is COCC(C)n1c(=O)c2c(-c3noc(C4CCOC4)n3)ncn2c2ccc(Cl)cc21. The summed E-state index contributed by atoms with van der Waals surface area (Å²) in [5.41, 5.74) is 2.03. The van der Waals surface area contributed by atoms with Crippen LogP contribution in [0.3, 0.4) is 0 Å². The van der Waals surface area contributed by atoms with E-state index in [4.69, 9.17) is 25.6 Å². The molecule has 0 bridgehead atoms. The Morgan fingerprint density at radius 1 is 1.37 bits per heavy atom. The van der Waals surface area contributed by atoms with Crippen LogP contribution in [0.2, 0.25) is 5.02 Å². The predicted molar refractivity (Wildman–Crippen MR) is 110 cm³/mol. The minimum absolute atomic E-state index is 0.0708. The lowest BCUT2D eigenvalue weighted by Gasteiger charge is -2.18. The quantitative estimate of drug-likeness (QED) is 0.481. The van der Waals surface area contributed by atoms with Gasteiger partial charge in [-0.3, -0.25) is 13.8 Å². The monoisotopic (exact) mass is 429 g/mol. The van der Waals surface area contributed by atoms with Crippen LogP contribution in [0.25, 0.3) is 28.1 Å². The van der Waals surface area contributed by atoms with E-state index in [1.165, 1.54) is 0 Å². The minimum atomic E-state index is -0.225. The zero-order valence-electron chi connectivity index (χ0n) is 16.5. The fraction of sp³-hybridized carbons (Fsp3) is 0.400. The van der Waals surface area contributed by atoms with Crippen molar-refractivity contribution in [2.75, 3.05) is 26.9 Å². The summed E-state index contributed by atoms with van der Waals surface area (Å²) in [7, 11) is 1.60. The summed E-state index contributed by atoms with van der Waals surface area (Å²) < 4.78 is 19.6. The molecule has 1 aromatic carbocycles. The molecule has 1 fully saturated rings. The van der Waals surface area contributed by atoms with Gasteiger partial charge in [0.05, 0.1) is 36.2 Å². The van der Waals surface area contributed by atoms with Crippen molar-refractivity contribution in [1.82, 2.24) is 24.1 Å². The van der Waals surface area contributed by atoms with E-state index in [2.05, 4.69) is 15.1 Å². The molecule has 9 nitrogen and oxygen atoms in total. The lowest BCUT2D eigenvalue weighted by atomic mass is 10.1. The molecule has 0 saturated carbocycles. The molecule has 4 heterocycles. The van der Waals surface area contributed by atoms with Crippen molar-refractivity contribution in [3.05, 3.63) is 45.8 Å². The van der Waals surface area contributed by atoms with Crippen LogP contribution in [-0.4, -0.2) is 51.0 Å². The molecule has 5 rings (SSSR count). The van der Waals surface area contributed by atoms with Crippen LogP contribution in [0.15, 0.2) is 33.8 Å². The summed E-state index contributed by atoms with van der Waals surface area (Å²) in [5.74, 6) is 0.863. The number of nitrogens with zero attached hydrogens (tertiary/aromatic N) is 5. The number of rotatable bonds is 5. The first-order valence-corrected chi connectivity index (χ1v) is 10.1. The molecular weight excluding hydrogens is 410 g/mol.